The van der Waals surface area contributed by atoms with Crippen molar-refractivity contribution in [2.45, 2.75) is 65.3 Å². The number of nitrogens with one attached hydrogen (secondary N) is 2. The average Bonchev–Trinajstić information content (AvgIpc) is 2.95. The number of hydrogen-bond donors (Lipinski definition) is 4. The predicted molar refractivity (Wildman–Crippen MR) is 159 cm³/mol. The molecule has 0 radical (unpaired) electrons. The number of carbonyl (C=O) groups is 2. The first-order valence-corrected chi connectivity index (χ1v) is 14.4. The summed E-state index contributed by atoms with van der Waals surface area (Å²) >= 11 is 0. The molecule has 9 heteroatoms. The lowest BCUT2D eigenvalue weighted by molar-refractivity contribution is 0.0755. The zero-order valence-electron chi connectivity index (χ0n) is 24.5. The minimum atomic E-state index is -1.11. The third kappa shape index (κ3) is 9.72. The maximum Gasteiger partial charge on any atom is 0.253 e. The van der Waals surface area contributed by atoms with Crippen LogP contribution in [0.15, 0.2) is 60.7 Å². The fourth-order valence-electron chi connectivity index (χ4n) is 4.94. The minimum Gasteiger partial charge on any atom is -0.392 e. The SMILES string of the molecule is CCCN(CCC)C(=O)c1cc(C)cc(C(=O)N[C@@H](Cc2cc(F)cc(F)c2)[C@H](O)CNCc2cccc(CO)c2)c1. The van der Waals surface area contributed by atoms with Crippen LogP contribution in [0.3, 0.4) is 0 Å². The third-order valence-corrected chi connectivity index (χ3v) is 6.88. The van der Waals surface area contributed by atoms with Gasteiger partial charge in [0.1, 0.15) is 11.6 Å². The number of aliphatic hydroxyl groups is 2. The summed E-state index contributed by atoms with van der Waals surface area (Å²) in [5, 5.41) is 26.4. The van der Waals surface area contributed by atoms with Gasteiger partial charge in [0.15, 0.2) is 0 Å². The number of aryl methyl sites for hydroxylation is 1. The smallest absolute Gasteiger partial charge is 0.253 e. The van der Waals surface area contributed by atoms with Gasteiger partial charge in [-0.2, -0.15) is 0 Å². The fourth-order valence-corrected chi connectivity index (χ4v) is 4.94. The van der Waals surface area contributed by atoms with Crippen molar-refractivity contribution in [2.24, 2.45) is 0 Å². The number of carbonyl (C=O) groups excluding carboxylic acids is 2. The van der Waals surface area contributed by atoms with Gasteiger partial charge in [-0.3, -0.25) is 9.59 Å². The summed E-state index contributed by atoms with van der Waals surface area (Å²) in [6, 6.07) is 14.5. The standard InChI is InChI=1S/C33H41F2N3O4/c1-4-9-38(10-5-2)33(42)27-12-22(3)11-26(17-27)32(41)37-30(16-25-14-28(34)18-29(35)15-25)31(40)20-36-19-23-7-6-8-24(13-23)21-39/h6-8,11-15,17-18,30-31,36,39-40H,4-5,9-10,16,19-21H2,1-3H3,(H,37,41)/t30-,31+/m0/s1. The van der Waals surface area contributed by atoms with E-state index >= 15 is 0 Å². The molecule has 3 aromatic rings. The van der Waals surface area contributed by atoms with Crippen molar-refractivity contribution in [3.05, 3.63) is 106 Å². The molecule has 2 amide bonds. The van der Waals surface area contributed by atoms with Crippen molar-refractivity contribution in [3.63, 3.8) is 0 Å². The second kappa shape index (κ2) is 16.1. The largest absolute Gasteiger partial charge is 0.392 e. The number of amides is 2. The first kappa shape index (κ1) is 32.8. The van der Waals surface area contributed by atoms with Crippen molar-refractivity contribution < 1.29 is 28.6 Å². The van der Waals surface area contributed by atoms with E-state index in [1.807, 2.05) is 32.0 Å². The monoisotopic (exact) mass is 581 g/mol. The molecule has 0 aliphatic heterocycles. The molecule has 0 spiro atoms. The van der Waals surface area contributed by atoms with E-state index in [-0.39, 0.29) is 36.6 Å². The second-order valence-corrected chi connectivity index (χ2v) is 10.6. The van der Waals surface area contributed by atoms with E-state index in [0.717, 1.165) is 35.6 Å². The Morgan fingerprint density at radius 2 is 1.52 bits per heavy atom. The normalized spacial score (nSPS) is 12.5. The number of nitrogens with zero attached hydrogens (tertiary/aromatic N) is 1. The summed E-state index contributed by atoms with van der Waals surface area (Å²) in [5.41, 5.74) is 3.33. The topological polar surface area (TPSA) is 102 Å². The Bertz CT molecular complexity index is 1320. The molecule has 0 aliphatic rings. The predicted octanol–water partition coefficient (Wildman–Crippen LogP) is 4.52. The molecule has 4 N–H and O–H groups in total. The van der Waals surface area contributed by atoms with E-state index in [4.69, 9.17) is 0 Å². The number of rotatable bonds is 15. The highest BCUT2D eigenvalue weighted by Crippen LogP contribution is 2.16. The lowest BCUT2D eigenvalue weighted by Crippen LogP contribution is -2.48. The van der Waals surface area contributed by atoms with Crippen molar-refractivity contribution in [3.8, 4) is 0 Å². The zero-order chi connectivity index (χ0) is 30.6. The van der Waals surface area contributed by atoms with E-state index < -0.39 is 29.7 Å². The van der Waals surface area contributed by atoms with Gasteiger partial charge in [-0.05, 0) is 78.8 Å². The van der Waals surface area contributed by atoms with Gasteiger partial charge in [0.2, 0.25) is 0 Å². The highest BCUT2D eigenvalue weighted by atomic mass is 19.1. The Morgan fingerprint density at radius 3 is 2.17 bits per heavy atom. The van der Waals surface area contributed by atoms with Gasteiger partial charge >= 0.3 is 0 Å². The van der Waals surface area contributed by atoms with Crippen LogP contribution in [0.2, 0.25) is 0 Å². The van der Waals surface area contributed by atoms with Gasteiger partial charge in [-0.1, -0.05) is 38.1 Å². The molecule has 0 bridgehead atoms. The van der Waals surface area contributed by atoms with Crippen molar-refractivity contribution >= 4 is 11.8 Å². The number of benzene rings is 3. The van der Waals surface area contributed by atoms with Gasteiger partial charge in [-0.15, -0.1) is 0 Å². The van der Waals surface area contributed by atoms with Gasteiger partial charge in [0.25, 0.3) is 11.8 Å². The molecule has 3 rings (SSSR count). The van der Waals surface area contributed by atoms with Gasteiger partial charge < -0.3 is 25.7 Å². The van der Waals surface area contributed by atoms with Crippen LogP contribution in [0.5, 0.6) is 0 Å². The minimum absolute atomic E-state index is 0.0261. The van der Waals surface area contributed by atoms with Crippen molar-refractivity contribution in [1.82, 2.24) is 15.5 Å². The van der Waals surface area contributed by atoms with Crippen LogP contribution in [0.25, 0.3) is 0 Å². The molecule has 7 nitrogen and oxygen atoms in total. The third-order valence-electron chi connectivity index (χ3n) is 6.88. The molecule has 0 unspecified atom stereocenters. The molecule has 42 heavy (non-hydrogen) atoms. The Labute approximate surface area is 246 Å². The number of halogens is 2. The quantitative estimate of drug-likeness (QED) is 0.212. The van der Waals surface area contributed by atoms with E-state index in [1.165, 1.54) is 12.1 Å². The first-order valence-electron chi connectivity index (χ1n) is 14.4. The summed E-state index contributed by atoms with van der Waals surface area (Å²) in [7, 11) is 0. The Morgan fingerprint density at radius 1 is 0.881 bits per heavy atom. The maximum atomic E-state index is 13.9. The van der Waals surface area contributed by atoms with Crippen LogP contribution in [-0.4, -0.2) is 58.7 Å². The number of hydrogen-bond acceptors (Lipinski definition) is 5. The van der Waals surface area contributed by atoms with Gasteiger partial charge in [-0.25, -0.2) is 8.78 Å². The van der Waals surface area contributed by atoms with Crippen LogP contribution < -0.4 is 10.6 Å². The molecule has 0 fully saturated rings. The molecule has 0 saturated heterocycles. The molecule has 0 saturated carbocycles. The molecule has 2 atom stereocenters. The van der Waals surface area contributed by atoms with Crippen LogP contribution in [0, 0.1) is 18.6 Å². The number of aliphatic hydroxyl groups excluding tert-OH is 2. The lowest BCUT2D eigenvalue weighted by atomic mass is 9.99. The summed E-state index contributed by atoms with van der Waals surface area (Å²) in [6.45, 7) is 7.41. The van der Waals surface area contributed by atoms with E-state index in [9.17, 15) is 28.6 Å². The lowest BCUT2D eigenvalue weighted by Gasteiger charge is -2.25. The van der Waals surface area contributed by atoms with Gasteiger partial charge in [0, 0.05) is 43.4 Å². The summed E-state index contributed by atoms with van der Waals surface area (Å²) in [6.07, 6.45) is 0.483. The van der Waals surface area contributed by atoms with Crippen molar-refractivity contribution in [2.75, 3.05) is 19.6 Å². The second-order valence-electron chi connectivity index (χ2n) is 10.6. The Balaban J connectivity index is 1.80. The zero-order valence-corrected chi connectivity index (χ0v) is 24.5. The van der Waals surface area contributed by atoms with Crippen LogP contribution in [-0.2, 0) is 19.6 Å². The van der Waals surface area contributed by atoms with Crippen LogP contribution in [0.4, 0.5) is 8.78 Å². The van der Waals surface area contributed by atoms with E-state index in [0.29, 0.717) is 25.2 Å². The van der Waals surface area contributed by atoms with E-state index in [1.54, 1.807) is 36.1 Å². The van der Waals surface area contributed by atoms with Crippen LogP contribution in [0.1, 0.15) is 69.7 Å². The van der Waals surface area contributed by atoms with Crippen LogP contribution >= 0.6 is 0 Å². The highest BCUT2D eigenvalue weighted by Gasteiger charge is 2.24. The maximum absolute atomic E-state index is 13.9. The summed E-state index contributed by atoms with van der Waals surface area (Å²) in [4.78, 5) is 28.4. The highest BCUT2D eigenvalue weighted by molar-refractivity contribution is 6.00. The molecule has 0 heterocycles. The summed E-state index contributed by atoms with van der Waals surface area (Å²) in [5.74, 6) is -2.17. The van der Waals surface area contributed by atoms with Crippen molar-refractivity contribution in [1.29, 1.82) is 0 Å². The Hall–Kier alpha value is -3.66. The Kier molecular flexibility index (Phi) is 12.6. The summed E-state index contributed by atoms with van der Waals surface area (Å²) < 4.78 is 27.9. The first-order chi connectivity index (χ1) is 20.1. The fraction of sp³-hybridized carbons (Fsp3) is 0.394. The molecule has 0 aromatic heterocycles. The molecule has 226 valence electrons. The average molecular weight is 582 g/mol. The van der Waals surface area contributed by atoms with E-state index in [2.05, 4.69) is 10.6 Å². The van der Waals surface area contributed by atoms with Gasteiger partial charge in [0.05, 0.1) is 18.8 Å². The molecular formula is C33H41F2N3O4. The molecular weight excluding hydrogens is 540 g/mol. The molecule has 0 aliphatic carbocycles. The molecule has 3 aromatic carbocycles.